The van der Waals surface area contributed by atoms with Crippen LogP contribution in [0.4, 0.5) is 16.2 Å². The SMILES string of the molecule is Cc1c(NC(=O)N[C@@H](CCO)c2cccs2)cccc1[N+](=O)[O-]. The molecular formula is C15H17N3O4S. The van der Waals surface area contributed by atoms with Crippen LogP contribution in [0.5, 0.6) is 0 Å². The number of urea groups is 1. The Balaban J connectivity index is 2.10. The maximum atomic E-state index is 12.2. The molecule has 23 heavy (non-hydrogen) atoms. The summed E-state index contributed by atoms with van der Waals surface area (Å²) in [5, 5.41) is 27.4. The van der Waals surface area contributed by atoms with Gasteiger partial charge in [0.15, 0.2) is 0 Å². The molecule has 2 rings (SSSR count). The van der Waals surface area contributed by atoms with Gasteiger partial charge in [-0.25, -0.2) is 4.79 Å². The standard InChI is InChI=1S/C15H17N3O4S/c1-10-11(4-2-5-13(10)18(21)22)16-15(20)17-12(7-8-19)14-6-3-9-23-14/h2-6,9,12,19H,7-8H2,1H3,(H2,16,17,20)/t12-/m0/s1. The third kappa shape index (κ3) is 4.27. The van der Waals surface area contributed by atoms with E-state index in [0.717, 1.165) is 4.88 Å². The van der Waals surface area contributed by atoms with Gasteiger partial charge in [-0.1, -0.05) is 12.1 Å². The van der Waals surface area contributed by atoms with Crippen LogP contribution in [-0.2, 0) is 0 Å². The lowest BCUT2D eigenvalue weighted by molar-refractivity contribution is -0.385. The lowest BCUT2D eigenvalue weighted by atomic mass is 10.1. The van der Waals surface area contributed by atoms with E-state index in [0.29, 0.717) is 17.7 Å². The number of nitrogens with one attached hydrogen (secondary N) is 2. The molecule has 3 N–H and O–H groups in total. The second-order valence-corrected chi connectivity index (χ2v) is 5.86. The van der Waals surface area contributed by atoms with E-state index >= 15 is 0 Å². The Kier molecular flexibility index (Phi) is 5.67. The molecule has 1 heterocycles. The van der Waals surface area contributed by atoms with Gasteiger partial charge in [-0.15, -0.1) is 11.3 Å². The van der Waals surface area contributed by atoms with Crippen LogP contribution < -0.4 is 10.6 Å². The maximum absolute atomic E-state index is 12.2. The van der Waals surface area contributed by atoms with Crippen molar-refractivity contribution in [2.75, 3.05) is 11.9 Å². The number of aliphatic hydroxyl groups excluding tert-OH is 1. The Morgan fingerprint density at radius 1 is 1.39 bits per heavy atom. The van der Waals surface area contributed by atoms with Gasteiger partial charge in [-0.05, 0) is 30.9 Å². The van der Waals surface area contributed by atoms with E-state index in [9.17, 15) is 14.9 Å². The van der Waals surface area contributed by atoms with E-state index in [1.54, 1.807) is 13.0 Å². The Labute approximate surface area is 137 Å². The summed E-state index contributed by atoms with van der Waals surface area (Å²) in [6.45, 7) is 1.52. The summed E-state index contributed by atoms with van der Waals surface area (Å²) in [5.41, 5.74) is 0.723. The molecule has 0 bridgehead atoms. The smallest absolute Gasteiger partial charge is 0.319 e. The summed E-state index contributed by atoms with van der Waals surface area (Å²) in [4.78, 5) is 23.5. The number of carbonyl (C=O) groups excluding carboxylic acids is 1. The van der Waals surface area contributed by atoms with Crippen LogP contribution in [0.1, 0.15) is 22.9 Å². The average molecular weight is 335 g/mol. The number of hydrogen-bond acceptors (Lipinski definition) is 5. The van der Waals surface area contributed by atoms with Gasteiger partial charge >= 0.3 is 6.03 Å². The highest BCUT2D eigenvalue weighted by Crippen LogP contribution is 2.26. The van der Waals surface area contributed by atoms with Crippen molar-refractivity contribution < 1.29 is 14.8 Å². The van der Waals surface area contributed by atoms with Gasteiger partial charge in [0.1, 0.15) is 0 Å². The van der Waals surface area contributed by atoms with Crippen molar-refractivity contribution in [2.24, 2.45) is 0 Å². The van der Waals surface area contributed by atoms with E-state index in [2.05, 4.69) is 10.6 Å². The van der Waals surface area contributed by atoms with Crippen LogP contribution in [0.15, 0.2) is 35.7 Å². The Bertz CT molecular complexity index is 688. The van der Waals surface area contributed by atoms with Gasteiger partial charge < -0.3 is 15.7 Å². The van der Waals surface area contributed by atoms with Crippen LogP contribution >= 0.6 is 11.3 Å². The molecule has 8 heteroatoms. The Hall–Kier alpha value is -2.45. The fourth-order valence-electron chi connectivity index (χ4n) is 2.18. The molecule has 0 saturated heterocycles. The number of thiophene rings is 1. The first-order valence-electron chi connectivity index (χ1n) is 6.98. The van der Waals surface area contributed by atoms with Crippen LogP contribution in [0.2, 0.25) is 0 Å². The molecule has 2 amide bonds. The minimum absolute atomic E-state index is 0.0482. The van der Waals surface area contributed by atoms with E-state index in [1.165, 1.54) is 23.5 Å². The molecule has 2 aromatic rings. The molecule has 0 spiro atoms. The third-order valence-corrected chi connectivity index (χ3v) is 4.35. The lowest BCUT2D eigenvalue weighted by Gasteiger charge is -2.17. The number of carbonyl (C=O) groups is 1. The second kappa shape index (κ2) is 7.70. The number of benzene rings is 1. The summed E-state index contributed by atoms with van der Waals surface area (Å²) < 4.78 is 0. The predicted octanol–water partition coefficient (Wildman–Crippen LogP) is 3.21. The molecule has 0 aliphatic rings. The number of nitro groups is 1. The molecule has 1 aromatic carbocycles. The van der Waals surface area contributed by atoms with Crippen LogP contribution in [0.3, 0.4) is 0 Å². The molecule has 0 fully saturated rings. The van der Waals surface area contributed by atoms with Crippen molar-refractivity contribution in [3.8, 4) is 0 Å². The number of nitro benzene ring substituents is 1. The topological polar surface area (TPSA) is 104 Å². The number of amides is 2. The first kappa shape index (κ1) is 16.9. The summed E-state index contributed by atoms with van der Waals surface area (Å²) in [6, 6.07) is 7.48. The number of rotatable bonds is 6. The van der Waals surface area contributed by atoms with Crippen molar-refractivity contribution in [3.05, 3.63) is 56.3 Å². The summed E-state index contributed by atoms with van der Waals surface area (Å²) in [7, 11) is 0. The average Bonchev–Trinajstić information content (AvgIpc) is 3.03. The highest BCUT2D eigenvalue weighted by molar-refractivity contribution is 7.10. The molecular weight excluding hydrogens is 318 g/mol. The van der Waals surface area contributed by atoms with Crippen molar-refractivity contribution >= 4 is 28.7 Å². The van der Waals surface area contributed by atoms with Gasteiger partial charge in [-0.2, -0.15) is 0 Å². The minimum Gasteiger partial charge on any atom is -0.396 e. The normalized spacial score (nSPS) is 11.7. The first-order valence-corrected chi connectivity index (χ1v) is 7.86. The molecule has 0 aliphatic carbocycles. The predicted molar refractivity (Wildman–Crippen MR) is 88.8 cm³/mol. The molecule has 7 nitrogen and oxygen atoms in total. The van der Waals surface area contributed by atoms with Gasteiger partial charge in [0.25, 0.3) is 5.69 Å². The zero-order chi connectivity index (χ0) is 16.8. The summed E-state index contributed by atoms with van der Waals surface area (Å²) >= 11 is 1.49. The fourth-order valence-corrected chi connectivity index (χ4v) is 2.99. The monoisotopic (exact) mass is 335 g/mol. The Morgan fingerprint density at radius 2 is 2.17 bits per heavy atom. The molecule has 122 valence electrons. The van der Waals surface area contributed by atoms with Crippen molar-refractivity contribution in [1.29, 1.82) is 0 Å². The highest BCUT2D eigenvalue weighted by atomic mass is 32.1. The van der Waals surface area contributed by atoms with Crippen molar-refractivity contribution in [2.45, 2.75) is 19.4 Å². The van der Waals surface area contributed by atoms with Crippen LogP contribution in [0.25, 0.3) is 0 Å². The van der Waals surface area contributed by atoms with Gasteiger partial charge in [0.2, 0.25) is 0 Å². The molecule has 1 aromatic heterocycles. The third-order valence-electron chi connectivity index (χ3n) is 3.36. The molecule has 0 saturated carbocycles. The largest absolute Gasteiger partial charge is 0.396 e. The number of hydrogen-bond donors (Lipinski definition) is 3. The van der Waals surface area contributed by atoms with E-state index < -0.39 is 11.0 Å². The molecule has 1 atom stereocenters. The number of aliphatic hydroxyl groups is 1. The zero-order valence-electron chi connectivity index (χ0n) is 12.5. The minimum atomic E-state index is -0.487. The van der Waals surface area contributed by atoms with E-state index in [1.807, 2.05) is 17.5 Å². The lowest BCUT2D eigenvalue weighted by Crippen LogP contribution is -2.33. The van der Waals surface area contributed by atoms with E-state index in [-0.39, 0.29) is 18.3 Å². The maximum Gasteiger partial charge on any atom is 0.319 e. The van der Waals surface area contributed by atoms with Crippen molar-refractivity contribution in [3.63, 3.8) is 0 Å². The number of nitrogens with zero attached hydrogens (tertiary/aromatic N) is 1. The quantitative estimate of drug-likeness (QED) is 0.557. The van der Waals surface area contributed by atoms with Crippen LogP contribution in [0, 0.1) is 17.0 Å². The van der Waals surface area contributed by atoms with Gasteiger partial charge in [0.05, 0.1) is 22.2 Å². The second-order valence-electron chi connectivity index (χ2n) is 4.89. The molecule has 0 aliphatic heterocycles. The van der Waals surface area contributed by atoms with Gasteiger partial charge in [-0.3, -0.25) is 10.1 Å². The summed E-state index contributed by atoms with van der Waals surface area (Å²) in [6.07, 6.45) is 0.391. The summed E-state index contributed by atoms with van der Waals surface area (Å²) in [5.74, 6) is 0. The van der Waals surface area contributed by atoms with E-state index in [4.69, 9.17) is 5.11 Å². The molecule has 0 unspecified atom stereocenters. The molecule has 0 radical (unpaired) electrons. The van der Waals surface area contributed by atoms with Crippen LogP contribution in [-0.4, -0.2) is 22.7 Å². The fraction of sp³-hybridized carbons (Fsp3) is 0.267. The first-order chi connectivity index (χ1) is 11.0. The Morgan fingerprint density at radius 3 is 2.78 bits per heavy atom. The van der Waals surface area contributed by atoms with Crippen molar-refractivity contribution in [1.82, 2.24) is 5.32 Å². The highest BCUT2D eigenvalue weighted by Gasteiger charge is 2.18. The van der Waals surface area contributed by atoms with Gasteiger partial charge in [0, 0.05) is 17.6 Å². The zero-order valence-corrected chi connectivity index (χ0v) is 13.3. The number of anilines is 1.